The Morgan fingerprint density at radius 2 is 2.08 bits per heavy atom. The molecule has 1 aromatic heterocycles. The van der Waals surface area contributed by atoms with Gasteiger partial charge in [-0.2, -0.15) is 5.10 Å². The molecule has 25 heavy (non-hydrogen) atoms. The standard InChI is InChI=1S/C20H34N4O/c1-4-20(2,3)15-7-9-16(10-8-15)22-19(25)18-11-13-24(23-18)17-6-5-12-21-14-17/h11,13,15-17,21H,4-10,12,14H2,1-3H3,(H,22,25). The molecule has 0 radical (unpaired) electrons. The van der Waals surface area contributed by atoms with Crippen molar-refractivity contribution in [2.45, 2.75) is 77.8 Å². The Kier molecular flexibility index (Phi) is 5.82. The summed E-state index contributed by atoms with van der Waals surface area (Å²) in [6, 6.07) is 2.54. The van der Waals surface area contributed by atoms with Crippen molar-refractivity contribution in [3.63, 3.8) is 0 Å². The van der Waals surface area contributed by atoms with Crippen molar-refractivity contribution in [3.05, 3.63) is 18.0 Å². The number of aromatic nitrogens is 2. The van der Waals surface area contributed by atoms with E-state index in [0.29, 0.717) is 23.2 Å². The van der Waals surface area contributed by atoms with E-state index >= 15 is 0 Å². The number of carbonyl (C=O) groups is 1. The smallest absolute Gasteiger partial charge is 0.271 e. The minimum absolute atomic E-state index is 0.0132. The zero-order valence-corrected chi connectivity index (χ0v) is 16.1. The van der Waals surface area contributed by atoms with Crippen molar-refractivity contribution in [2.75, 3.05) is 13.1 Å². The van der Waals surface area contributed by atoms with E-state index in [1.165, 1.54) is 25.7 Å². The van der Waals surface area contributed by atoms with Crippen molar-refractivity contribution >= 4 is 5.91 Å². The van der Waals surface area contributed by atoms with Gasteiger partial charge < -0.3 is 10.6 Å². The SMILES string of the molecule is CCC(C)(C)C1CCC(NC(=O)c2ccn(C3CCCNC3)n2)CC1. The number of carbonyl (C=O) groups excluding carboxylic acids is 1. The Morgan fingerprint density at radius 1 is 1.32 bits per heavy atom. The molecule has 1 saturated carbocycles. The molecule has 140 valence electrons. The Bertz CT molecular complexity index is 566. The van der Waals surface area contributed by atoms with Crippen LogP contribution in [0.15, 0.2) is 12.3 Å². The summed E-state index contributed by atoms with van der Waals surface area (Å²) in [6.45, 7) is 9.07. The maximum absolute atomic E-state index is 12.5. The van der Waals surface area contributed by atoms with Gasteiger partial charge in [0, 0.05) is 18.8 Å². The van der Waals surface area contributed by atoms with Gasteiger partial charge in [-0.15, -0.1) is 0 Å². The lowest BCUT2D eigenvalue weighted by atomic mass is 9.69. The predicted octanol–water partition coefficient (Wildman–Crippen LogP) is 3.53. The van der Waals surface area contributed by atoms with Gasteiger partial charge in [-0.1, -0.05) is 27.2 Å². The Hall–Kier alpha value is -1.36. The molecule has 1 saturated heterocycles. The molecule has 5 nitrogen and oxygen atoms in total. The summed E-state index contributed by atoms with van der Waals surface area (Å²) in [4.78, 5) is 12.5. The zero-order valence-electron chi connectivity index (χ0n) is 16.1. The fraction of sp³-hybridized carbons (Fsp3) is 0.800. The first-order valence-corrected chi connectivity index (χ1v) is 10.1. The predicted molar refractivity (Wildman–Crippen MR) is 101 cm³/mol. The summed E-state index contributed by atoms with van der Waals surface area (Å²) >= 11 is 0. The molecule has 0 spiro atoms. The lowest BCUT2D eigenvalue weighted by Gasteiger charge is -2.39. The quantitative estimate of drug-likeness (QED) is 0.857. The molecule has 1 aromatic rings. The Balaban J connectivity index is 1.51. The molecule has 1 aliphatic carbocycles. The molecule has 2 heterocycles. The highest BCUT2D eigenvalue weighted by Crippen LogP contribution is 2.40. The number of nitrogens with zero attached hydrogens (tertiary/aromatic N) is 2. The Labute approximate surface area is 151 Å². The van der Waals surface area contributed by atoms with Crippen LogP contribution in [0.3, 0.4) is 0 Å². The van der Waals surface area contributed by atoms with Crippen molar-refractivity contribution in [1.29, 1.82) is 0 Å². The van der Waals surface area contributed by atoms with Crippen LogP contribution in [0.2, 0.25) is 0 Å². The van der Waals surface area contributed by atoms with Gasteiger partial charge in [0.15, 0.2) is 0 Å². The molecule has 1 unspecified atom stereocenters. The van der Waals surface area contributed by atoms with E-state index in [1.807, 2.05) is 16.9 Å². The molecule has 3 rings (SSSR count). The zero-order chi connectivity index (χ0) is 17.9. The third-order valence-electron chi connectivity index (χ3n) is 6.56. The molecule has 1 atom stereocenters. The van der Waals surface area contributed by atoms with Crippen LogP contribution in [0.1, 0.15) is 82.2 Å². The minimum atomic E-state index is -0.0132. The molecular formula is C20H34N4O. The van der Waals surface area contributed by atoms with Crippen molar-refractivity contribution in [1.82, 2.24) is 20.4 Å². The summed E-state index contributed by atoms with van der Waals surface area (Å²) < 4.78 is 1.96. The van der Waals surface area contributed by atoms with E-state index in [0.717, 1.165) is 38.3 Å². The fourth-order valence-corrected chi connectivity index (χ4v) is 4.29. The molecular weight excluding hydrogens is 312 g/mol. The fourth-order valence-electron chi connectivity index (χ4n) is 4.29. The third-order valence-corrected chi connectivity index (χ3v) is 6.56. The van der Waals surface area contributed by atoms with E-state index in [4.69, 9.17) is 0 Å². The summed E-state index contributed by atoms with van der Waals surface area (Å²) in [5, 5.41) is 11.1. The Morgan fingerprint density at radius 3 is 2.72 bits per heavy atom. The number of hydrogen-bond acceptors (Lipinski definition) is 3. The van der Waals surface area contributed by atoms with E-state index in [9.17, 15) is 4.79 Å². The van der Waals surface area contributed by atoms with Gasteiger partial charge >= 0.3 is 0 Å². The second-order valence-electron chi connectivity index (χ2n) is 8.55. The van der Waals surface area contributed by atoms with E-state index in [-0.39, 0.29) is 5.91 Å². The molecule has 0 bridgehead atoms. The molecule has 5 heteroatoms. The van der Waals surface area contributed by atoms with Crippen LogP contribution in [-0.2, 0) is 0 Å². The van der Waals surface area contributed by atoms with Crippen LogP contribution in [0.5, 0.6) is 0 Å². The highest BCUT2D eigenvalue weighted by atomic mass is 16.2. The van der Waals surface area contributed by atoms with Crippen LogP contribution >= 0.6 is 0 Å². The maximum Gasteiger partial charge on any atom is 0.271 e. The van der Waals surface area contributed by atoms with E-state index in [1.54, 1.807) is 0 Å². The van der Waals surface area contributed by atoms with Crippen LogP contribution in [0, 0.1) is 11.3 Å². The molecule has 2 aliphatic rings. The first kappa shape index (κ1) is 18.4. The number of piperidine rings is 1. The maximum atomic E-state index is 12.5. The highest BCUT2D eigenvalue weighted by molar-refractivity contribution is 5.92. The van der Waals surface area contributed by atoms with Crippen LogP contribution in [0.4, 0.5) is 0 Å². The van der Waals surface area contributed by atoms with Crippen LogP contribution < -0.4 is 10.6 Å². The third kappa shape index (κ3) is 4.43. The van der Waals surface area contributed by atoms with Gasteiger partial charge in [-0.05, 0) is 62.5 Å². The molecule has 2 N–H and O–H groups in total. The van der Waals surface area contributed by atoms with Gasteiger partial charge in [0.2, 0.25) is 0 Å². The number of amides is 1. The number of rotatable bonds is 5. The van der Waals surface area contributed by atoms with Gasteiger partial charge in [0.1, 0.15) is 5.69 Å². The summed E-state index contributed by atoms with van der Waals surface area (Å²) in [5.74, 6) is 0.768. The topological polar surface area (TPSA) is 59.0 Å². The van der Waals surface area contributed by atoms with Crippen molar-refractivity contribution in [2.24, 2.45) is 11.3 Å². The average Bonchev–Trinajstić information content (AvgIpc) is 3.13. The highest BCUT2D eigenvalue weighted by Gasteiger charge is 2.32. The summed E-state index contributed by atoms with van der Waals surface area (Å²) in [7, 11) is 0. The van der Waals surface area contributed by atoms with Crippen LogP contribution in [0.25, 0.3) is 0 Å². The lowest BCUT2D eigenvalue weighted by Crippen LogP contribution is -2.40. The monoisotopic (exact) mass is 346 g/mol. The first-order valence-electron chi connectivity index (χ1n) is 10.1. The van der Waals surface area contributed by atoms with Gasteiger partial charge in [-0.3, -0.25) is 9.48 Å². The van der Waals surface area contributed by atoms with Gasteiger partial charge in [-0.25, -0.2) is 0 Å². The minimum Gasteiger partial charge on any atom is -0.348 e. The van der Waals surface area contributed by atoms with E-state index in [2.05, 4.69) is 36.5 Å². The summed E-state index contributed by atoms with van der Waals surface area (Å²) in [6.07, 6.45) is 10.1. The molecule has 1 amide bonds. The van der Waals surface area contributed by atoms with E-state index < -0.39 is 0 Å². The van der Waals surface area contributed by atoms with Crippen molar-refractivity contribution < 1.29 is 4.79 Å². The molecule has 1 aliphatic heterocycles. The van der Waals surface area contributed by atoms with Crippen molar-refractivity contribution in [3.8, 4) is 0 Å². The normalized spacial score (nSPS) is 27.9. The molecule has 2 fully saturated rings. The second kappa shape index (κ2) is 7.90. The lowest BCUT2D eigenvalue weighted by molar-refractivity contribution is 0.0887. The average molecular weight is 347 g/mol. The van der Waals surface area contributed by atoms with Gasteiger partial charge in [0.05, 0.1) is 6.04 Å². The number of hydrogen-bond donors (Lipinski definition) is 2. The number of nitrogens with one attached hydrogen (secondary N) is 2. The van der Waals surface area contributed by atoms with Gasteiger partial charge in [0.25, 0.3) is 5.91 Å². The van der Waals surface area contributed by atoms with Crippen LogP contribution in [-0.4, -0.2) is 34.8 Å². The first-order chi connectivity index (χ1) is 12.0. The second-order valence-corrected chi connectivity index (χ2v) is 8.55. The molecule has 0 aromatic carbocycles. The largest absolute Gasteiger partial charge is 0.348 e. The summed E-state index contributed by atoms with van der Waals surface area (Å²) in [5.41, 5.74) is 0.975.